The molecule has 3 aromatic carbocycles. The van der Waals surface area contributed by atoms with E-state index < -0.39 is 0 Å². The second kappa shape index (κ2) is 11.9. The first-order valence-corrected chi connectivity index (χ1v) is 13.1. The van der Waals surface area contributed by atoms with Gasteiger partial charge in [0.1, 0.15) is 5.75 Å². The van der Waals surface area contributed by atoms with Crippen LogP contribution in [0.5, 0.6) is 5.75 Å². The van der Waals surface area contributed by atoms with E-state index in [1.165, 1.54) is 11.1 Å². The highest BCUT2D eigenvalue weighted by molar-refractivity contribution is 5.94. The fourth-order valence-electron chi connectivity index (χ4n) is 4.97. The van der Waals surface area contributed by atoms with Gasteiger partial charge in [-0.2, -0.15) is 0 Å². The number of aromatic nitrogens is 2. The van der Waals surface area contributed by atoms with Crippen LogP contribution in [0.2, 0.25) is 0 Å². The maximum Gasteiger partial charge on any atom is 0.262 e. The Morgan fingerprint density at radius 2 is 1.76 bits per heavy atom. The summed E-state index contributed by atoms with van der Waals surface area (Å²) >= 11 is 0. The number of aryl methyl sites for hydroxylation is 2. The second-order valence-corrected chi connectivity index (χ2v) is 9.60. The molecule has 1 amide bonds. The second-order valence-electron chi connectivity index (χ2n) is 9.60. The van der Waals surface area contributed by atoms with E-state index in [9.17, 15) is 4.79 Å². The minimum Gasteiger partial charge on any atom is -0.484 e. The van der Waals surface area contributed by atoms with Gasteiger partial charge in [-0.3, -0.25) is 9.69 Å². The Morgan fingerprint density at radius 3 is 2.51 bits per heavy atom. The maximum absolute atomic E-state index is 12.4. The molecule has 0 fully saturated rings. The van der Waals surface area contributed by atoms with Gasteiger partial charge in [0.05, 0.1) is 17.4 Å². The van der Waals surface area contributed by atoms with Crippen molar-refractivity contribution in [1.82, 2.24) is 14.5 Å². The van der Waals surface area contributed by atoms with Gasteiger partial charge in [-0.1, -0.05) is 54.6 Å². The highest BCUT2D eigenvalue weighted by Gasteiger charge is 2.13. The zero-order valence-corrected chi connectivity index (χ0v) is 21.4. The lowest BCUT2D eigenvalue weighted by Crippen LogP contribution is -2.29. The number of hydrogen-bond acceptors (Lipinski definition) is 4. The Labute approximate surface area is 218 Å². The number of carbonyl (C=O) groups excluding carboxylic acids is 1. The van der Waals surface area contributed by atoms with E-state index >= 15 is 0 Å². The lowest BCUT2D eigenvalue weighted by Gasteiger charge is -2.26. The summed E-state index contributed by atoms with van der Waals surface area (Å²) in [6, 6.07) is 24.0. The van der Waals surface area contributed by atoms with E-state index in [-0.39, 0.29) is 12.5 Å². The van der Waals surface area contributed by atoms with Gasteiger partial charge in [-0.15, -0.1) is 0 Å². The van der Waals surface area contributed by atoms with Gasteiger partial charge in [0.15, 0.2) is 6.61 Å². The average Bonchev–Trinajstić information content (AvgIpc) is 3.35. The van der Waals surface area contributed by atoms with Crippen LogP contribution < -0.4 is 10.1 Å². The van der Waals surface area contributed by atoms with Gasteiger partial charge in [0.2, 0.25) is 0 Å². The number of unbranched alkanes of at least 4 members (excludes halogenated alkanes) is 1. The first kappa shape index (κ1) is 24.8. The standard InChI is InChI=1S/C31H34N4O2/c1-24-20-27(33-30(36)22-37-28-12-6-3-7-13-28)21-29-31(24)35(23-32-29)17-9-8-16-34-18-14-26(15-19-34)25-10-4-2-5-11-25/h2-7,10-14,20-21,23H,8-9,15-19,22H2,1H3,(H,33,36). The van der Waals surface area contributed by atoms with E-state index in [0.29, 0.717) is 5.75 Å². The number of ether oxygens (including phenoxy) is 1. The Morgan fingerprint density at radius 1 is 1.00 bits per heavy atom. The number of nitrogens with zero attached hydrogens (tertiary/aromatic N) is 3. The first-order valence-electron chi connectivity index (χ1n) is 13.1. The lowest BCUT2D eigenvalue weighted by molar-refractivity contribution is -0.118. The summed E-state index contributed by atoms with van der Waals surface area (Å²) in [7, 11) is 0. The van der Waals surface area contributed by atoms with Gasteiger partial charge in [0.25, 0.3) is 5.91 Å². The van der Waals surface area contributed by atoms with E-state index in [4.69, 9.17) is 4.74 Å². The SMILES string of the molecule is Cc1cc(NC(=O)COc2ccccc2)cc2ncn(CCCCN3CC=C(c4ccccc4)CC3)c12. The number of benzene rings is 3. The van der Waals surface area contributed by atoms with Gasteiger partial charge in [0, 0.05) is 25.3 Å². The molecule has 0 unspecified atom stereocenters. The largest absolute Gasteiger partial charge is 0.484 e. The quantitative estimate of drug-likeness (QED) is 0.278. The number of fused-ring (bicyclic) bond motifs is 1. The molecule has 1 N–H and O–H groups in total. The van der Waals surface area contributed by atoms with Gasteiger partial charge in [-0.25, -0.2) is 4.98 Å². The molecule has 37 heavy (non-hydrogen) atoms. The number of carbonyl (C=O) groups is 1. The number of imidazole rings is 1. The number of para-hydroxylation sites is 1. The molecule has 6 nitrogen and oxygen atoms in total. The molecule has 0 bridgehead atoms. The summed E-state index contributed by atoms with van der Waals surface area (Å²) in [5, 5.41) is 2.93. The predicted molar refractivity (Wildman–Crippen MR) is 150 cm³/mol. The van der Waals surface area contributed by atoms with E-state index in [0.717, 1.165) is 67.7 Å². The molecule has 1 aliphatic heterocycles. The fraction of sp³-hybridized carbons (Fsp3) is 0.290. The zero-order valence-electron chi connectivity index (χ0n) is 21.4. The minimum absolute atomic E-state index is 0.0318. The zero-order chi connectivity index (χ0) is 25.5. The van der Waals surface area contributed by atoms with Crippen LogP contribution in [-0.2, 0) is 11.3 Å². The number of nitrogens with one attached hydrogen (secondary N) is 1. The van der Waals surface area contributed by atoms with E-state index in [1.54, 1.807) is 0 Å². The van der Waals surface area contributed by atoms with Crippen molar-refractivity contribution in [3.8, 4) is 5.75 Å². The van der Waals surface area contributed by atoms with Gasteiger partial charge in [-0.05, 0) is 73.7 Å². The third kappa shape index (κ3) is 6.46. The molecule has 4 aromatic rings. The van der Waals surface area contributed by atoms with Crippen molar-refractivity contribution in [3.63, 3.8) is 0 Å². The smallest absolute Gasteiger partial charge is 0.262 e. The molecule has 0 saturated heterocycles. The third-order valence-electron chi connectivity index (χ3n) is 6.86. The van der Waals surface area contributed by atoms with Crippen LogP contribution in [0.3, 0.4) is 0 Å². The average molecular weight is 495 g/mol. The number of amides is 1. The minimum atomic E-state index is -0.189. The summed E-state index contributed by atoms with van der Waals surface area (Å²) in [4.78, 5) is 19.5. The maximum atomic E-state index is 12.4. The molecule has 5 rings (SSSR count). The molecular weight excluding hydrogens is 460 g/mol. The molecule has 1 aliphatic rings. The topological polar surface area (TPSA) is 59.4 Å². The van der Waals surface area contributed by atoms with Crippen LogP contribution in [0.15, 0.2) is 85.2 Å². The van der Waals surface area contributed by atoms with E-state index in [1.807, 2.05) is 48.8 Å². The van der Waals surface area contributed by atoms with Crippen LogP contribution in [-0.4, -0.2) is 46.6 Å². The summed E-state index contributed by atoms with van der Waals surface area (Å²) in [6.07, 6.45) is 7.68. The van der Waals surface area contributed by atoms with Crippen LogP contribution in [0, 0.1) is 6.92 Å². The third-order valence-corrected chi connectivity index (χ3v) is 6.86. The molecule has 6 heteroatoms. The van der Waals surface area contributed by atoms with Crippen LogP contribution >= 0.6 is 0 Å². The number of hydrogen-bond donors (Lipinski definition) is 1. The molecule has 2 heterocycles. The highest BCUT2D eigenvalue weighted by atomic mass is 16.5. The van der Waals surface area contributed by atoms with Crippen molar-refractivity contribution in [2.75, 3.05) is 31.6 Å². The fourth-order valence-corrected chi connectivity index (χ4v) is 4.97. The van der Waals surface area contributed by atoms with Crippen molar-refractivity contribution in [1.29, 1.82) is 0 Å². The summed E-state index contributed by atoms with van der Waals surface area (Å²) < 4.78 is 7.78. The normalized spacial score (nSPS) is 13.9. The van der Waals surface area contributed by atoms with Crippen molar-refractivity contribution in [3.05, 3.63) is 96.3 Å². The first-order chi connectivity index (χ1) is 18.2. The Balaban J connectivity index is 1.10. The summed E-state index contributed by atoms with van der Waals surface area (Å²) in [5.41, 5.74) is 6.69. The highest BCUT2D eigenvalue weighted by Crippen LogP contribution is 2.24. The molecule has 0 saturated carbocycles. The van der Waals surface area contributed by atoms with Crippen LogP contribution in [0.4, 0.5) is 5.69 Å². The molecule has 1 aromatic heterocycles. The molecule has 0 spiro atoms. The van der Waals surface area contributed by atoms with E-state index in [2.05, 4.69) is 63.1 Å². The summed E-state index contributed by atoms with van der Waals surface area (Å²) in [6.45, 7) is 6.25. The van der Waals surface area contributed by atoms with Crippen LogP contribution in [0.1, 0.15) is 30.4 Å². The number of rotatable bonds is 10. The molecule has 0 atom stereocenters. The van der Waals surface area contributed by atoms with Crippen molar-refractivity contribution < 1.29 is 9.53 Å². The molecule has 190 valence electrons. The van der Waals surface area contributed by atoms with Crippen molar-refractivity contribution >= 4 is 28.2 Å². The Bertz CT molecular complexity index is 1360. The molecular formula is C31H34N4O2. The van der Waals surface area contributed by atoms with Gasteiger partial charge >= 0.3 is 0 Å². The monoisotopic (exact) mass is 494 g/mol. The Kier molecular flexibility index (Phi) is 7.96. The van der Waals surface area contributed by atoms with Crippen LogP contribution in [0.25, 0.3) is 16.6 Å². The van der Waals surface area contributed by atoms with Crippen molar-refractivity contribution in [2.45, 2.75) is 32.7 Å². The Hall–Kier alpha value is -3.90. The number of anilines is 1. The predicted octanol–water partition coefficient (Wildman–Crippen LogP) is 5.93. The molecule has 0 radical (unpaired) electrons. The summed E-state index contributed by atoms with van der Waals surface area (Å²) in [5.74, 6) is 0.488. The van der Waals surface area contributed by atoms with Gasteiger partial charge < -0.3 is 14.6 Å². The van der Waals surface area contributed by atoms with Crippen molar-refractivity contribution in [2.24, 2.45) is 0 Å². The molecule has 0 aliphatic carbocycles. The lowest BCUT2D eigenvalue weighted by atomic mass is 9.99.